The van der Waals surface area contributed by atoms with Crippen molar-refractivity contribution in [3.63, 3.8) is 0 Å². The van der Waals surface area contributed by atoms with Crippen molar-refractivity contribution in [1.82, 2.24) is 41.2 Å². The molecule has 21 heteroatoms. The number of carboxylic acids is 2. The Morgan fingerprint density at radius 1 is 0.673 bits per heavy atom. The molecule has 14 N–H and O–H groups in total. The number of H-pyrrole nitrogens is 2. The molecule has 0 fully saturated rings. The molecule has 2 heterocycles. The zero-order chi connectivity index (χ0) is 35.9. The van der Waals surface area contributed by atoms with Crippen molar-refractivity contribution in [3.05, 3.63) is 36.4 Å². The fraction of sp³-hybridized carbons (Fsp3) is 0.571. The molecule has 2 aromatic rings. The van der Waals surface area contributed by atoms with Crippen LogP contribution < -0.4 is 54.4 Å². The van der Waals surface area contributed by atoms with Gasteiger partial charge in [0, 0.05) is 36.6 Å². The molecule has 0 unspecified atom stereocenters. The van der Waals surface area contributed by atoms with E-state index in [1.165, 1.54) is 12.7 Å². The zero-order valence-electron chi connectivity index (χ0n) is 27.0. The summed E-state index contributed by atoms with van der Waals surface area (Å²) in [4.78, 5) is 82.3. The summed E-state index contributed by atoms with van der Waals surface area (Å²) in [7, 11) is 0. The van der Waals surface area contributed by atoms with Crippen LogP contribution in [0.25, 0.3) is 0 Å². The zero-order valence-corrected chi connectivity index (χ0v) is 28.1. The van der Waals surface area contributed by atoms with E-state index >= 15 is 0 Å². The molecular formula is C28H46MnN12O8. The second kappa shape index (κ2) is 25.6. The van der Waals surface area contributed by atoms with E-state index in [-0.39, 0.29) is 55.8 Å². The maximum Gasteiger partial charge on any atom is 2.00 e. The number of aromatic amines is 2. The van der Waals surface area contributed by atoms with Gasteiger partial charge in [-0.2, -0.15) is 0 Å². The molecule has 20 nitrogen and oxygen atoms in total. The number of carboxylic acid groups (broad SMARTS) is 2. The monoisotopic (exact) mass is 733 g/mol. The average molecular weight is 734 g/mol. The maximum atomic E-state index is 11.8. The maximum absolute atomic E-state index is 11.8. The fourth-order valence-corrected chi connectivity index (χ4v) is 4.02. The molecule has 1 radical (unpaired) electrons. The first-order chi connectivity index (χ1) is 22.9. The van der Waals surface area contributed by atoms with E-state index in [0.717, 1.165) is 0 Å². The van der Waals surface area contributed by atoms with Crippen molar-refractivity contribution in [3.8, 4) is 0 Å². The van der Waals surface area contributed by atoms with Gasteiger partial charge >= 0.3 is 17.1 Å². The van der Waals surface area contributed by atoms with Crippen LogP contribution in [0.4, 0.5) is 0 Å². The van der Waals surface area contributed by atoms with Crippen molar-refractivity contribution in [1.29, 1.82) is 0 Å². The number of hydrogen-bond acceptors (Lipinski definition) is 14. The number of rotatable bonds is 22. The van der Waals surface area contributed by atoms with Crippen LogP contribution >= 0.6 is 0 Å². The van der Waals surface area contributed by atoms with E-state index in [0.29, 0.717) is 50.2 Å². The number of carbonyl (C=O) groups is 6. The second-order valence-electron chi connectivity index (χ2n) is 10.7. The first-order valence-corrected chi connectivity index (χ1v) is 15.3. The van der Waals surface area contributed by atoms with Gasteiger partial charge in [0.1, 0.15) is 0 Å². The van der Waals surface area contributed by atoms with Gasteiger partial charge in [-0.15, -0.1) is 0 Å². The Morgan fingerprint density at radius 3 is 1.33 bits per heavy atom. The minimum atomic E-state index is -1.37. The van der Waals surface area contributed by atoms with E-state index in [1.54, 1.807) is 12.4 Å². The standard InChI is InChI=1S/2C14H24N6O4.Mn/c2*15-4-2-1-3-11(14(23)24)20-12(21)7-18-13(22)10(16)5-9-6-17-8-19-9;/h2*6,8,10-11H,1-5,7,15-16H2,(H,17,19)(H,18,22)(H,20,21)(H,23,24);/q;;+2/p-2/t2*10-,11-;/m00./s1. The topological polar surface area (TPSA) is 358 Å². The number of amides is 4. The largest absolute Gasteiger partial charge is 2.00 e. The van der Waals surface area contributed by atoms with Crippen LogP contribution in [0.15, 0.2) is 25.0 Å². The number of nitrogens with two attached hydrogens (primary N) is 4. The third-order valence-electron chi connectivity index (χ3n) is 6.64. The summed E-state index contributed by atoms with van der Waals surface area (Å²) in [5.41, 5.74) is 23.5. The van der Waals surface area contributed by atoms with Crippen LogP contribution in [0.1, 0.15) is 49.9 Å². The van der Waals surface area contributed by atoms with Crippen molar-refractivity contribution in [2.75, 3.05) is 26.2 Å². The van der Waals surface area contributed by atoms with Gasteiger partial charge in [-0.25, -0.2) is 9.97 Å². The summed E-state index contributed by atoms with van der Waals surface area (Å²) in [5, 5.41) is 31.3. The minimum Gasteiger partial charge on any atom is -0.548 e. The SMILES string of the molecule is NCCCC[C@H](NC(=O)CNC(=O)[C@@H](N)Cc1cnc[nH]1)C(=O)[O-].NCCCC[C@H](NC(=O)CNC(=O)[C@@H](N)Cc1cnc[nH]1)C(=O)[O-].[Mn+2]. The van der Waals surface area contributed by atoms with Crippen LogP contribution in [0.2, 0.25) is 0 Å². The molecule has 49 heavy (non-hydrogen) atoms. The van der Waals surface area contributed by atoms with Crippen molar-refractivity contribution in [2.45, 2.75) is 75.5 Å². The number of aromatic nitrogens is 4. The summed E-state index contributed by atoms with van der Waals surface area (Å²) in [6.07, 6.45) is 9.37. The van der Waals surface area contributed by atoms with Gasteiger partial charge < -0.3 is 74.0 Å². The first-order valence-electron chi connectivity index (χ1n) is 15.3. The van der Waals surface area contributed by atoms with Crippen LogP contribution in [0.5, 0.6) is 0 Å². The molecule has 0 aliphatic rings. The molecule has 273 valence electrons. The van der Waals surface area contributed by atoms with E-state index in [9.17, 15) is 39.0 Å². The predicted molar refractivity (Wildman–Crippen MR) is 166 cm³/mol. The molecule has 0 saturated heterocycles. The molecule has 0 bridgehead atoms. The Morgan fingerprint density at radius 2 is 1.04 bits per heavy atom. The van der Waals surface area contributed by atoms with Crippen molar-refractivity contribution >= 4 is 35.6 Å². The van der Waals surface area contributed by atoms with Crippen molar-refractivity contribution < 1.29 is 56.0 Å². The number of imidazole rings is 2. The molecule has 0 aromatic carbocycles. The molecule has 0 aliphatic carbocycles. The summed E-state index contributed by atoms with van der Waals surface area (Å²) < 4.78 is 0. The van der Waals surface area contributed by atoms with E-state index < -0.39 is 59.7 Å². The first kappa shape index (κ1) is 44.6. The Balaban J connectivity index is 0.000000922. The molecule has 4 amide bonds. The van der Waals surface area contributed by atoms with Gasteiger partial charge in [-0.1, -0.05) is 0 Å². The van der Waals surface area contributed by atoms with E-state index in [4.69, 9.17) is 22.9 Å². The number of carbonyl (C=O) groups excluding carboxylic acids is 6. The van der Waals surface area contributed by atoms with Crippen molar-refractivity contribution in [2.24, 2.45) is 22.9 Å². The number of unbranched alkanes of at least 4 members (excludes halogenated alkanes) is 2. The molecule has 0 aliphatic heterocycles. The molecule has 2 aromatic heterocycles. The molecular weight excluding hydrogens is 687 g/mol. The minimum absolute atomic E-state index is 0. The van der Waals surface area contributed by atoms with Gasteiger partial charge in [0.15, 0.2) is 0 Å². The van der Waals surface area contributed by atoms with Gasteiger partial charge in [-0.3, -0.25) is 19.2 Å². The molecule has 0 spiro atoms. The number of hydrogen-bond donors (Lipinski definition) is 10. The Hall–Kier alpha value is -4.40. The van der Waals surface area contributed by atoms with E-state index in [2.05, 4.69) is 41.2 Å². The Bertz CT molecular complexity index is 1170. The summed E-state index contributed by atoms with van der Waals surface area (Å²) in [6, 6.07) is -3.92. The Kier molecular flexibility index (Phi) is 23.3. The molecule has 0 saturated carbocycles. The van der Waals surface area contributed by atoms with Gasteiger partial charge in [0.2, 0.25) is 23.6 Å². The summed E-state index contributed by atoms with van der Waals surface area (Å²) in [6.45, 7) is 0.155. The number of aliphatic carboxylic acids is 2. The third kappa shape index (κ3) is 19.9. The quantitative estimate of drug-likeness (QED) is 0.0397. The van der Waals surface area contributed by atoms with Crippen LogP contribution in [-0.4, -0.2) is 106 Å². The fourth-order valence-electron chi connectivity index (χ4n) is 4.02. The second-order valence-corrected chi connectivity index (χ2v) is 10.7. The van der Waals surface area contributed by atoms with Crippen LogP contribution in [0.3, 0.4) is 0 Å². The van der Waals surface area contributed by atoms with Gasteiger partial charge in [-0.05, 0) is 51.6 Å². The number of nitrogens with zero attached hydrogens (tertiary/aromatic N) is 2. The average Bonchev–Trinajstić information content (AvgIpc) is 3.76. The normalized spacial score (nSPS) is 12.8. The molecule has 2 rings (SSSR count). The number of nitrogens with one attached hydrogen (secondary N) is 6. The predicted octanol–water partition coefficient (Wildman–Crippen LogP) is -6.48. The van der Waals surface area contributed by atoms with E-state index in [1.807, 2.05) is 0 Å². The van der Waals surface area contributed by atoms with Gasteiger partial charge in [0.25, 0.3) is 0 Å². The molecule has 4 atom stereocenters. The Labute approximate surface area is 293 Å². The van der Waals surface area contributed by atoms with Crippen LogP contribution in [0, 0.1) is 0 Å². The smallest absolute Gasteiger partial charge is 0.548 e. The summed E-state index contributed by atoms with van der Waals surface area (Å²) in [5.74, 6) is -5.04. The van der Waals surface area contributed by atoms with Gasteiger partial charge in [0.05, 0.1) is 61.9 Å². The third-order valence-corrected chi connectivity index (χ3v) is 6.64. The van der Waals surface area contributed by atoms with Crippen LogP contribution in [-0.2, 0) is 58.7 Å². The summed E-state index contributed by atoms with van der Waals surface area (Å²) >= 11 is 0.